The molecule has 2 aliphatic carbocycles. The van der Waals surface area contributed by atoms with Gasteiger partial charge in [-0.2, -0.15) is 0 Å². The van der Waals surface area contributed by atoms with Crippen LogP contribution in [0, 0.1) is 22.7 Å². The molecule has 2 rings (SSSR count). The maximum absolute atomic E-state index is 11.3. The Balaban J connectivity index is 2.46. The molecule has 3 nitrogen and oxygen atoms in total. The van der Waals surface area contributed by atoms with Crippen LogP contribution in [0.3, 0.4) is 0 Å². The predicted molar refractivity (Wildman–Crippen MR) is 89.4 cm³/mol. The van der Waals surface area contributed by atoms with E-state index < -0.39 is 11.0 Å². The first-order chi connectivity index (χ1) is 10.3. The molecule has 0 aromatic heterocycles. The Bertz CT molecular complexity index is 479. The molecule has 124 valence electrons. The van der Waals surface area contributed by atoms with E-state index in [0.29, 0.717) is 25.4 Å². The number of fused-ring (bicyclic) bond motifs is 1. The van der Waals surface area contributed by atoms with Crippen LogP contribution in [-0.4, -0.2) is 31.2 Å². The smallest absolute Gasteiger partial charge is 0.146 e. The van der Waals surface area contributed by atoms with Crippen LogP contribution in [0.5, 0.6) is 0 Å². The van der Waals surface area contributed by atoms with Gasteiger partial charge in [-0.1, -0.05) is 37.6 Å². The van der Waals surface area contributed by atoms with Gasteiger partial charge in [0, 0.05) is 12.5 Å². The first-order valence-corrected chi connectivity index (χ1v) is 8.01. The molecule has 22 heavy (non-hydrogen) atoms. The van der Waals surface area contributed by atoms with Crippen molar-refractivity contribution < 1.29 is 14.6 Å². The molecular weight excluding hydrogens is 276 g/mol. The van der Waals surface area contributed by atoms with E-state index in [1.807, 2.05) is 6.08 Å². The van der Waals surface area contributed by atoms with E-state index in [1.54, 1.807) is 13.2 Å². The van der Waals surface area contributed by atoms with E-state index in [0.717, 1.165) is 0 Å². The number of aliphatic hydroxyl groups is 1. The molecule has 4 atom stereocenters. The second-order valence-electron chi connectivity index (χ2n) is 7.44. The van der Waals surface area contributed by atoms with Gasteiger partial charge in [0.2, 0.25) is 0 Å². The van der Waals surface area contributed by atoms with Crippen LogP contribution >= 0.6 is 0 Å². The summed E-state index contributed by atoms with van der Waals surface area (Å²) in [5.41, 5.74) is 0.119. The summed E-state index contributed by atoms with van der Waals surface area (Å²) < 4.78 is 10.8. The van der Waals surface area contributed by atoms with E-state index in [4.69, 9.17) is 9.47 Å². The molecule has 3 heteroatoms. The lowest BCUT2D eigenvalue weighted by Crippen LogP contribution is -2.48. The van der Waals surface area contributed by atoms with Gasteiger partial charge in [-0.15, -0.1) is 13.2 Å². The van der Waals surface area contributed by atoms with Crippen molar-refractivity contribution in [2.24, 2.45) is 22.7 Å². The van der Waals surface area contributed by atoms with Crippen LogP contribution in [0.4, 0.5) is 0 Å². The molecule has 0 amide bonds. The van der Waals surface area contributed by atoms with Gasteiger partial charge in [0.15, 0.2) is 0 Å². The van der Waals surface area contributed by atoms with Crippen molar-refractivity contribution >= 4 is 0 Å². The van der Waals surface area contributed by atoms with Crippen LogP contribution in [0.25, 0.3) is 0 Å². The zero-order chi connectivity index (χ0) is 16.6. The van der Waals surface area contributed by atoms with Gasteiger partial charge in [-0.05, 0) is 37.0 Å². The highest BCUT2D eigenvalue weighted by Gasteiger charge is 2.65. The van der Waals surface area contributed by atoms with Gasteiger partial charge in [0.05, 0.1) is 12.2 Å². The van der Waals surface area contributed by atoms with Crippen LogP contribution < -0.4 is 0 Å². The third kappa shape index (κ3) is 2.31. The topological polar surface area (TPSA) is 38.7 Å². The average Bonchev–Trinajstić information content (AvgIpc) is 2.84. The van der Waals surface area contributed by atoms with Crippen molar-refractivity contribution in [1.82, 2.24) is 0 Å². The van der Waals surface area contributed by atoms with Crippen molar-refractivity contribution in [3.63, 3.8) is 0 Å². The lowest BCUT2D eigenvalue weighted by Gasteiger charge is -2.43. The first-order valence-electron chi connectivity index (χ1n) is 8.01. The fourth-order valence-corrected chi connectivity index (χ4v) is 4.54. The van der Waals surface area contributed by atoms with Gasteiger partial charge >= 0.3 is 0 Å². The van der Waals surface area contributed by atoms with Crippen LogP contribution in [-0.2, 0) is 9.47 Å². The van der Waals surface area contributed by atoms with Crippen LogP contribution in [0.2, 0.25) is 0 Å². The summed E-state index contributed by atoms with van der Waals surface area (Å²) in [4.78, 5) is 0. The highest BCUT2D eigenvalue weighted by atomic mass is 16.7. The summed E-state index contributed by atoms with van der Waals surface area (Å²) in [5.74, 6) is 0.655. The third-order valence-corrected chi connectivity index (χ3v) is 6.24. The largest absolute Gasteiger partial charge is 0.385 e. The van der Waals surface area contributed by atoms with Gasteiger partial charge in [0.1, 0.15) is 6.79 Å². The summed E-state index contributed by atoms with van der Waals surface area (Å²) in [5, 5.41) is 11.3. The Kier molecular flexibility index (Phi) is 4.72. The third-order valence-electron chi connectivity index (χ3n) is 6.24. The summed E-state index contributed by atoms with van der Waals surface area (Å²) in [6, 6.07) is 0. The fraction of sp³-hybridized carbons (Fsp3) is 0.684. The standard InChI is InChI=1S/C19H30O3/c1-7-9-18(12-22-13-21-6)15-10-14(3)17(4,5)16(15)11-19(18,20)8-2/h7-8,10,15-16,20H,1-2,9,11-13H2,3-6H3/t15-,16-,18-,19+/m1/s1. The number of rotatable bonds is 7. The Hall–Kier alpha value is -0.900. The molecule has 0 aromatic carbocycles. The van der Waals surface area contributed by atoms with Gasteiger partial charge in [0.25, 0.3) is 0 Å². The van der Waals surface area contributed by atoms with E-state index in [1.165, 1.54) is 5.57 Å². The SMILES string of the molecule is C=CC[C@@]1(COCOC)[C@@H]2C=C(C)C(C)(C)[C@@H]2C[C@@]1(O)C=C. The minimum atomic E-state index is -0.946. The van der Waals surface area contributed by atoms with Gasteiger partial charge in [-0.3, -0.25) is 0 Å². The first kappa shape index (κ1) is 17.5. The average molecular weight is 306 g/mol. The minimum absolute atomic E-state index is 0.0891. The normalized spacial score (nSPS) is 39.4. The molecule has 1 saturated carbocycles. The Morgan fingerprint density at radius 3 is 2.64 bits per heavy atom. The summed E-state index contributed by atoms with van der Waals surface area (Å²) in [6.07, 6.45) is 7.35. The molecule has 0 aromatic rings. The lowest BCUT2D eigenvalue weighted by molar-refractivity contribution is -0.120. The predicted octanol–water partition coefficient (Wildman–Crippen LogP) is 3.71. The summed E-state index contributed by atoms with van der Waals surface area (Å²) in [6.45, 7) is 15.2. The molecular formula is C19H30O3. The second-order valence-corrected chi connectivity index (χ2v) is 7.44. The van der Waals surface area contributed by atoms with Crippen LogP contribution in [0.15, 0.2) is 37.0 Å². The molecule has 0 spiro atoms. The van der Waals surface area contributed by atoms with Crippen molar-refractivity contribution in [2.45, 2.75) is 39.2 Å². The molecule has 0 heterocycles. The van der Waals surface area contributed by atoms with E-state index in [9.17, 15) is 5.11 Å². The lowest BCUT2D eigenvalue weighted by atomic mass is 9.67. The Labute approximate surface area is 134 Å². The quantitative estimate of drug-likeness (QED) is 0.443. The van der Waals surface area contributed by atoms with E-state index in [2.05, 4.69) is 40.0 Å². The second kappa shape index (κ2) is 5.95. The van der Waals surface area contributed by atoms with Crippen molar-refractivity contribution in [3.8, 4) is 0 Å². The molecule has 0 saturated heterocycles. The molecule has 2 aliphatic rings. The molecule has 0 unspecified atom stereocenters. The summed E-state index contributed by atoms with van der Waals surface area (Å²) >= 11 is 0. The number of methoxy groups -OCH3 is 1. The Morgan fingerprint density at radius 2 is 2.09 bits per heavy atom. The zero-order valence-electron chi connectivity index (χ0n) is 14.4. The molecule has 0 radical (unpaired) electrons. The number of ether oxygens (including phenoxy) is 2. The highest BCUT2D eigenvalue weighted by Crippen LogP contribution is 2.65. The van der Waals surface area contributed by atoms with Crippen molar-refractivity contribution in [1.29, 1.82) is 0 Å². The molecule has 0 bridgehead atoms. The summed E-state index contributed by atoms with van der Waals surface area (Å²) in [7, 11) is 1.61. The Morgan fingerprint density at radius 1 is 1.41 bits per heavy atom. The number of hydrogen-bond acceptors (Lipinski definition) is 3. The monoisotopic (exact) mass is 306 g/mol. The fourth-order valence-electron chi connectivity index (χ4n) is 4.54. The van der Waals surface area contributed by atoms with Crippen molar-refractivity contribution in [2.75, 3.05) is 20.5 Å². The minimum Gasteiger partial charge on any atom is -0.385 e. The van der Waals surface area contributed by atoms with Crippen molar-refractivity contribution in [3.05, 3.63) is 37.0 Å². The molecule has 0 aliphatic heterocycles. The van der Waals surface area contributed by atoms with Crippen LogP contribution in [0.1, 0.15) is 33.6 Å². The molecule has 1 N–H and O–H groups in total. The number of hydrogen-bond donors (Lipinski definition) is 1. The maximum atomic E-state index is 11.3. The zero-order valence-corrected chi connectivity index (χ0v) is 14.4. The highest BCUT2D eigenvalue weighted by molar-refractivity contribution is 5.33. The number of allylic oxidation sites excluding steroid dienone is 3. The molecule has 1 fully saturated rings. The van der Waals surface area contributed by atoms with Gasteiger partial charge in [-0.25, -0.2) is 0 Å². The van der Waals surface area contributed by atoms with Gasteiger partial charge < -0.3 is 14.6 Å². The van der Waals surface area contributed by atoms with E-state index in [-0.39, 0.29) is 18.1 Å². The maximum Gasteiger partial charge on any atom is 0.146 e. The van der Waals surface area contributed by atoms with E-state index >= 15 is 0 Å².